The highest BCUT2D eigenvalue weighted by molar-refractivity contribution is 7.92. The maximum Gasteiger partial charge on any atom is 0.337 e. The molecule has 32 heavy (non-hydrogen) atoms. The van der Waals surface area contributed by atoms with Gasteiger partial charge in [0.25, 0.3) is 15.9 Å². The van der Waals surface area contributed by atoms with Crippen LogP contribution in [-0.2, 0) is 24.3 Å². The van der Waals surface area contributed by atoms with Gasteiger partial charge in [0.15, 0.2) is 0 Å². The summed E-state index contributed by atoms with van der Waals surface area (Å²) in [4.78, 5) is 34.1. The number of aromatic nitrogens is 2. The molecule has 1 aromatic carbocycles. The third-order valence-electron chi connectivity index (χ3n) is 4.59. The molecule has 1 aliphatic heterocycles. The summed E-state index contributed by atoms with van der Waals surface area (Å²) >= 11 is 0. The van der Waals surface area contributed by atoms with E-state index < -0.39 is 21.9 Å². The Balaban J connectivity index is 1.81. The number of hydrogen-bond donors (Lipinski definition) is 3. The quantitative estimate of drug-likeness (QED) is 0.479. The van der Waals surface area contributed by atoms with Crippen molar-refractivity contribution in [1.29, 1.82) is 0 Å². The number of methoxy groups -OCH3 is 1. The molecule has 0 bridgehead atoms. The average molecular weight is 462 g/mol. The van der Waals surface area contributed by atoms with Crippen LogP contribution in [0.2, 0.25) is 0 Å². The fourth-order valence-corrected chi connectivity index (χ4v) is 4.17. The van der Waals surface area contributed by atoms with Crippen molar-refractivity contribution < 1.29 is 27.9 Å². The van der Waals surface area contributed by atoms with Crippen LogP contribution in [0.15, 0.2) is 46.5 Å². The molecule has 170 valence electrons. The van der Waals surface area contributed by atoms with Crippen LogP contribution < -0.4 is 10.0 Å². The molecule has 2 aromatic rings. The molecule has 1 amide bonds. The normalized spacial score (nSPS) is 14.0. The Labute approximate surface area is 185 Å². The summed E-state index contributed by atoms with van der Waals surface area (Å²) in [6.45, 7) is 3.21. The maximum absolute atomic E-state index is 12.7. The van der Waals surface area contributed by atoms with Crippen LogP contribution >= 0.6 is 0 Å². The molecule has 0 saturated carbocycles. The first-order chi connectivity index (χ1) is 15.1. The monoisotopic (exact) mass is 461 g/mol. The van der Waals surface area contributed by atoms with Gasteiger partial charge in [0.05, 0.1) is 30.7 Å². The SMILES string of the molecule is COC(=O)C1=C(Nc2ccc(S(=O)(=O)Nc3cc(C)nc(C)n3)cc2)C(=O)N(CCO)C1. The van der Waals surface area contributed by atoms with Gasteiger partial charge < -0.3 is 20.1 Å². The molecule has 0 spiro atoms. The van der Waals surface area contributed by atoms with Gasteiger partial charge in [0.2, 0.25) is 0 Å². The lowest BCUT2D eigenvalue weighted by Crippen LogP contribution is -2.31. The van der Waals surface area contributed by atoms with E-state index in [0.717, 1.165) is 0 Å². The first-order valence-electron chi connectivity index (χ1n) is 9.58. The van der Waals surface area contributed by atoms with Crippen LogP contribution in [0.5, 0.6) is 0 Å². The van der Waals surface area contributed by atoms with Gasteiger partial charge in [-0.1, -0.05) is 0 Å². The van der Waals surface area contributed by atoms with Crippen LogP contribution in [-0.4, -0.2) is 67.1 Å². The summed E-state index contributed by atoms with van der Waals surface area (Å²) in [6.07, 6.45) is 0. The zero-order valence-corrected chi connectivity index (χ0v) is 18.6. The van der Waals surface area contributed by atoms with Gasteiger partial charge >= 0.3 is 5.97 Å². The third kappa shape index (κ3) is 5.03. The molecule has 3 N–H and O–H groups in total. The predicted octanol–water partition coefficient (Wildman–Crippen LogP) is 0.568. The first-order valence-corrected chi connectivity index (χ1v) is 11.1. The van der Waals surface area contributed by atoms with Crippen molar-refractivity contribution in [3.05, 3.63) is 53.1 Å². The fraction of sp³-hybridized carbons (Fsp3) is 0.300. The smallest absolute Gasteiger partial charge is 0.337 e. The lowest BCUT2D eigenvalue weighted by atomic mass is 10.2. The number of carbonyl (C=O) groups excluding carboxylic acids is 2. The predicted molar refractivity (Wildman–Crippen MR) is 115 cm³/mol. The fourth-order valence-electron chi connectivity index (χ4n) is 3.18. The number of anilines is 2. The summed E-state index contributed by atoms with van der Waals surface area (Å²) in [5.74, 6) is -0.536. The molecule has 2 heterocycles. The van der Waals surface area contributed by atoms with Crippen molar-refractivity contribution in [2.24, 2.45) is 0 Å². The summed E-state index contributed by atoms with van der Waals surface area (Å²) in [6, 6.07) is 7.17. The number of nitrogens with zero attached hydrogens (tertiary/aromatic N) is 3. The van der Waals surface area contributed by atoms with E-state index in [-0.39, 0.29) is 41.7 Å². The molecule has 0 radical (unpaired) electrons. The van der Waals surface area contributed by atoms with E-state index in [1.54, 1.807) is 13.8 Å². The van der Waals surface area contributed by atoms with Gasteiger partial charge in [-0.2, -0.15) is 0 Å². The van der Waals surface area contributed by atoms with Crippen molar-refractivity contribution in [2.75, 3.05) is 36.8 Å². The molecule has 1 aliphatic rings. The second-order valence-electron chi connectivity index (χ2n) is 6.99. The Bertz CT molecular complexity index is 1160. The second-order valence-corrected chi connectivity index (χ2v) is 8.67. The van der Waals surface area contributed by atoms with Crippen LogP contribution in [0.3, 0.4) is 0 Å². The number of amides is 1. The molecule has 0 atom stereocenters. The Morgan fingerprint density at radius 3 is 2.50 bits per heavy atom. The van der Waals surface area contributed by atoms with Crippen LogP contribution in [0, 0.1) is 13.8 Å². The number of nitrogens with one attached hydrogen (secondary N) is 2. The third-order valence-corrected chi connectivity index (χ3v) is 5.96. The van der Waals surface area contributed by atoms with Gasteiger partial charge in [-0.25, -0.2) is 23.2 Å². The number of aliphatic hydroxyl groups is 1. The summed E-state index contributed by atoms with van der Waals surface area (Å²) in [7, 11) is -2.70. The number of sulfonamides is 1. The van der Waals surface area contributed by atoms with Crippen molar-refractivity contribution in [3.63, 3.8) is 0 Å². The molecular weight excluding hydrogens is 438 g/mol. The van der Waals surface area contributed by atoms with E-state index in [2.05, 4.69) is 20.0 Å². The summed E-state index contributed by atoms with van der Waals surface area (Å²) in [5, 5.41) is 12.0. The van der Waals surface area contributed by atoms with Crippen molar-refractivity contribution >= 4 is 33.4 Å². The van der Waals surface area contributed by atoms with Crippen molar-refractivity contribution in [2.45, 2.75) is 18.7 Å². The minimum atomic E-state index is -3.90. The number of rotatable bonds is 8. The minimum Gasteiger partial charge on any atom is -0.466 e. The van der Waals surface area contributed by atoms with Gasteiger partial charge in [-0.15, -0.1) is 0 Å². The van der Waals surface area contributed by atoms with Crippen molar-refractivity contribution in [3.8, 4) is 0 Å². The van der Waals surface area contributed by atoms with Crippen molar-refractivity contribution in [1.82, 2.24) is 14.9 Å². The molecule has 0 unspecified atom stereocenters. The molecule has 11 nitrogen and oxygen atoms in total. The Morgan fingerprint density at radius 1 is 1.22 bits per heavy atom. The standard InChI is InChI=1S/C20H23N5O6S/c1-12-10-17(22-13(2)21-12)24-32(29,30)15-6-4-14(5-7-15)23-18-16(20(28)31-3)11-25(8-9-26)19(18)27/h4-7,10,23,26H,8-9,11H2,1-3H3,(H,21,22,24). The summed E-state index contributed by atoms with van der Waals surface area (Å²) in [5.41, 5.74) is 1.17. The lowest BCUT2D eigenvalue weighted by molar-refractivity contribution is -0.136. The number of hydrogen-bond acceptors (Lipinski definition) is 9. The van der Waals surface area contributed by atoms with E-state index in [0.29, 0.717) is 17.2 Å². The molecule has 0 saturated heterocycles. The lowest BCUT2D eigenvalue weighted by Gasteiger charge is -2.15. The highest BCUT2D eigenvalue weighted by Crippen LogP contribution is 2.24. The highest BCUT2D eigenvalue weighted by atomic mass is 32.2. The summed E-state index contributed by atoms with van der Waals surface area (Å²) < 4.78 is 32.5. The average Bonchev–Trinajstić information content (AvgIpc) is 3.02. The second kappa shape index (κ2) is 9.32. The highest BCUT2D eigenvalue weighted by Gasteiger charge is 2.34. The molecule has 3 rings (SSSR count). The molecule has 0 fully saturated rings. The number of β-amino-alcohol motifs (C(OH)–C–C–N with tert-alkyl or cyclic N) is 1. The number of aliphatic hydroxyl groups excluding tert-OH is 1. The largest absolute Gasteiger partial charge is 0.466 e. The molecule has 1 aromatic heterocycles. The van der Waals surface area contributed by atoms with Crippen LogP contribution in [0.25, 0.3) is 0 Å². The van der Waals surface area contributed by atoms with E-state index in [1.165, 1.54) is 42.3 Å². The zero-order valence-electron chi connectivity index (χ0n) is 17.7. The zero-order chi connectivity index (χ0) is 23.5. The number of ether oxygens (including phenoxy) is 1. The Hall–Kier alpha value is -3.51. The van der Waals surface area contributed by atoms with Crippen LogP contribution in [0.4, 0.5) is 11.5 Å². The Morgan fingerprint density at radius 2 is 1.91 bits per heavy atom. The Kier molecular flexibility index (Phi) is 6.75. The number of benzene rings is 1. The number of carbonyl (C=O) groups is 2. The minimum absolute atomic E-state index is 0.00253. The van der Waals surface area contributed by atoms with E-state index in [4.69, 9.17) is 9.84 Å². The molecule has 12 heteroatoms. The van der Waals surface area contributed by atoms with Crippen LogP contribution in [0.1, 0.15) is 11.5 Å². The van der Waals surface area contributed by atoms with Gasteiger partial charge in [0.1, 0.15) is 17.3 Å². The van der Waals surface area contributed by atoms with E-state index in [1.807, 2.05) is 0 Å². The molecule has 0 aliphatic carbocycles. The number of esters is 1. The number of aryl methyl sites for hydroxylation is 2. The van der Waals surface area contributed by atoms with Gasteiger partial charge in [-0.3, -0.25) is 9.52 Å². The molecular formula is C20H23N5O6S. The first kappa shape index (κ1) is 23.2. The van der Waals surface area contributed by atoms with E-state index >= 15 is 0 Å². The topological polar surface area (TPSA) is 151 Å². The van der Waals surface area contributed by atoms with E-state index in [9.17, 15) is 18.0 Å². The van der Waals surface area contributed by atoms with Gasteiger partial charge in [-0.05, 0) is 38.1 Å². The maximum atomic E-state index is 12.7. The van der Waals surface area contributed by atoms with Gasteiger partial charge in [0, 0.05) is 24.0 Å².